The van der Waals surface area contributed by atoms with E-state index < -0.39 is 11.9 Å². The second kappa shape index (κ2) is 6.40. The first kappa shape index (κ1) is 17.6. The Morgan fingerprint density at radius 1 is 1.23 bits per heavy atom. The van der Waals surface area contributed by atoms with Crippen molar-refractivity contribution in [3.8, 4) is 10.6 Å². The summed E-state index contributed by atoms with van der Waals surface area (Å²) < 4.78 is 45.2. The maximum Gasteiger partial charge on any atom is 0.433 e. The molecule has 0 radical (unpaired) electrons. The van der Waals surface area contributed by atoms with E-state index in [-0.39, 0.29) is 17.8 Å². The van der Waals surface area contributed by atoms with Crippen LogP contribution in [0.4, 0.5) is 13.2 Å². The fourth-order valence-corrected chi connectivity index (χ4v) is 5.04. The number of aromatic nitrogens is 2. The molecular weight excluding hydrogens is 365 g/mol. The molecule has 0 amide bonds. The number of ether oxygens (including phenoxy) is 1. The molecule has 2 atom stereocenters. The van der Waals surface area contributed by atoms with E-state index in [9.17, 15) is 18.0 Å². The van der Waals surface area contributed by atoms with Gasteiger partial charge in [0.25, 0.3) is 0 Å². The van der Waals surface area contributed by atoms with Gasteiger partial charge >= 0.3 is 12.1 Å². The SMILES string of the molecule is Cn1nc(-c2ccc(C(=O)OC3CC4CCC(C4)C3)s2)cc1C(F)(F)F. The van der Waals surface area contributed by atoms with Gasteiger partial charge in [-0.25, -0.2) is 4.79 Å². The topological polar surface area (TPSA) is 44.1 Å². The van der Waals surface area contributed by atoms with E-state index in [1.807, 2.05) is 0 Å². The van der Waals surface area contributed by atoms with Crippen molar-refractivity contribution >= 4 is 17.3 Å². The van der Waals surface area contributed by atoms with Crippen LogP contribution in [-0.2, 0) is 18.0 Å². The summed E-state index contributed by atoms with van der Waals surface area (Å²) >= 11 is 1.11. The van der Waals surface area contributed by atoms with Crippen LogP contribution in [0.3, 0.4) is 0 Å². The summed E-state index contributed by atoms with van der Waals surface area (Å²) in [6.07, 6.45) is 1.06. The predicted molar refractivity (Wildman–Crippen MR) is 90.8 cm³/mol. The Morgan fingerprint density at radius 3 is 2.54 bits per heavy atom. The molecule has 2 bridgehead atoms. The molecule has 2 aromatic rings. The molecule has 2 heterocycles. The number of thiophene rings is 1. The molecule has 2 unspecified atom stereocenters. The highest BCUT2D eigenvalue weighted by molar-refractivity contribution is 7.17. The third-order valence-electron chi connectivity index (χ3n) is 5.35. The third-order valence-corrected chi connectivity index (χ3v) is 6.43. The first-order valence-corrected chi connectivity index (χ1v) is 9.53. The summed E-state index contributed by atoms with van der Waals surface area (Å²) in [7, 11) is 1.26. The molecule has 0 aromatic carbocycles. The lowest BCUT2D eigenvalue weighted by Crippen LogP contribution is -2.25. The number of alkyl halides is 3. The molecular formula is C18H19F3N2O2S. The molecule has 2 fully saturated rings. The Labute approximate surface area is 153 Å². The van der Waals surface area contributed by atoms with E-state index in [2.05, 4.69) is 5.10 Å². The lowest BCUT2D eigenvalue weighted by Gasteiger charge is -2.27. The van der Waals surface area contributed by atoms with Gasteiger partial charge in [-0.2, -0.15) is 18.3 Å². The van der Waals surface area contributed by atoms with Crippen molar-refractivity contribution < 1.29 is 22.7 Å². The number of esters is 1. The first-order chi connectivity index (χ1) is 12.3. The van der Waals surface area contributed by atoms with Crippen LogP contribution in [0.15, 0.2) is 18.2 Å². The Bertz CT molecular complexity index is 815. The van der Waals surface area contributed by atoms with Crippen molar-refractivity contribution in [3.05, 3.63) is 28.8 Å². The van der Waals surface area contributed by atoms with Crippen molar-refractivity contribution in [1.29, 1.82) is 0 Å². The number of aryl methyl sites for hydroxylation is 1. The molecule has 0 aliphatic heterocycles. The Kier molecular flexibility index (Phi) is 4.33. The van der Waals surface area contributed by atoms with E-state index in [1.54, 1.807) is 12.1 Å². The minimum atomic E-state index is -4.46. The second-order valence-corrected chi connectivity index (χ2v) is 8.33. The quantitative estimate of drug-likeness (QED) is 0.707. The van der Waals surface area contributed by atoms with Crippen LogP contribution in [0, 0.1) is 11.8 Å². The maximum absolute atomic E-state index is 12.9. The Hall–Kier alpha value is -1.83. The van der Waals surface area contributed by atoms with Gasteiger partial charge in [0, 0.05) is 7.05 Å². The lowest BCUT2D eigenvalue weighted by atomic mass is 9.87. The van der Waals surface area contributed by atoms with Crippen molar-refractivity contribution in [1.82, 2.24) is 9.78 Å². The Balaban J connectivity index is 1.47. The number of carbonyl (C=O) groups is 1. The second-order valence-electron chi connectivity index (χ2n) is 7.24. The summed E-state index contributed by atoms with van der Waals surface area (Å²) in [6.45, 7) is 0. The summed E-state index contributed by atoms with van der Waals surface area (Å²) in [4.78, 5) is 13.3. The van der Waals surface area contributed by atoms with Gasteiger partial charge in [-0.1, -0.05) is 12.8 Å². The summed E-state index contributed by atoms with van der Waals surface area (Å²) in [6, 6.07) is 4.22. The smallest absolute Gasteiger partial charge is 0.433 e. The van der Waals surface area contributed by atoms with E-state index in [0.717, 1.165) is 34.9 Å². The molecule has 2 aliphatic rings. The summed E-state index contributed by atoms with van der Waals surface area (Å²) in [5, 5.41) is 3.92. The average Bonchev–Trinajstić information content (AvgIpc) is 3.25. The standard InChI is InChI=1S/C18H19F3N2O2S/c1-23-16(18(19,20)21)9-13(22-23)14-4-5-15(26-14)17(24)25-12-7-10-2-3-11(6-10)8-12/h4-5,9-12H,2-3,6-8H2,1H3. The largest absolute Gasteiger partial charge is 0.458 e. The van der Waals surface area contributed by atoms with Gasteiger partial charge in [0.05, 0.1) is 4.88 Å². The lowest BCUT2D eigenvalue weighted by molar-refractivity contribution is -0.143. The van der Waals surface area contributed by atoms with E-state index in [1.165, 1.54) is 26.3 Å². The number of fused-ring (bicyclic) bond motifs is 2. The monoisotopic (exact) mass is 384 g/mol. The normalized spacial score (nSPS) is 25.5. The van der Waals surface area contributed by atoms with Crippen molar-refractivity contribution in [2.24, 2.45) is 18.9 Å². The fraction of sp³-hybridized carbons (Fsp3) is 0.556. The van der Waals surface area contributed by atoms with Crippen LogP contribution in [-0.4, -0.2) is 21.9 Å². The van der Waals surface area contributed by atoms with Gasteiger partial charge in [-0.05, 0) is 49.3 Å². The van der Waals surface area contributed by atoms with Crippen LogP contribution in [0.25, 0.3) is 10.6 Å². The molecule has 8 heteroatoms. The van der Waals surface area contributed by atoms with Gasteiger partial charge in [0.15, 0.2) is 0 Å². The maximum atomic E-state index is 12.9. The molecule has 2 saturated carbocycles. The van der Waals surface area contributed by atoms with Gasteiger partial charge in [0.2, 0.25) is 0 Å². The molecule has 0 saturated heterocycles. The van der Waals surface area contributed by atoms with Crippen molar-refractivity contribution in [2.75, 3.05) is 0 Å². The van der Waals surface area contributed by atoms with Crippen molar-refractivity contribution in [3.63, 3.8) is 0 Å². The van der Waals surface area contributed by atoms with Crippen molar-refractivity contribution in [2.45, 2.75) is 44.4 Å². The molecule has 0 N–H and O–H groups in total. The molecule has 2 aromatic heterocycles. The molecule has 4 rings (SSSR count). The van der Waals surface area contributed by atoms with Crippen LogP contribution in [0.5, 0.6) is 0 Å². The molecule has 26 heavy (non-hydrogen) atoms. The van der Waals surface area contributed by atoms with E-state index in [4.69, 9.17) is 4.74 Å². The zero-order valence-electron chi connectivity index (χ0n) is 14.3. The average molecular weight is 384 g/mol. The van der Waals surface area contributed by atoms with Gasteiger partial charge in [-0.15, -0.1) is 11.3 Å². The van der Waals surface area contributed by atoms with Gasteiger partial charge in [0.1, 0.15) is 22.4 Å². The zero-order chi connectivity index (χ0) is 18.5. The fourth-order valence-electron chi connectivity index (χ4n) is 4.19. The number of nitrogens with zero attached hydrogens (tertiary/aromatic N) is 2. The first-order valence-electron chi connectivity index (χ1n) is 8.72. The minimum absolute atomic E-state index is 0.0361. The highest BCUT2D eigenvalue weighted by atomic mass is 32.1. The molecule has 4 nitrogen and oxygen atoms in total. The number of rotatable bonds is 3. The van der Waals surface area contributed by atoms with Gasteiger partial charge < -0.3 is 4.74 Å². The van der Waals surface area contributed by atoms with Crippen LogP contribution >= 0.6 is 11.3 Å². The summed E-state index contributed by atoms with van der Waals surface area (Å²) in [5.41, 5.74) is -0.609. The van der Waals surface area contributed by atoms with Crippen LogP contribution < -0.4 is 0 Å². The van der Waals surface area contributed by atoms with Crippen LogP contribution in [0.1, 0.15) is 47.5 Å². The number of halogens is 3. The highest BCUT2D eigenvalue weighted by Crippen LogP contribution is 2.43. The minimum Gasteiger partial charge on any atom is -0.458 e. The molecule has 0 spiro atoms. The van der Waals surface area contributed by atoms with E-state index in [0.29, 0.717) is 21.6 Å². The van der Waals surface area contributed by atoms with Gasteiger partial charge in [-0.3, -0.25) is 4.68 Å². The zero-order valence-corrected chi connectivity index (χ0v) is 15.1. The predicted octanol–water partition coefficient (Wildman–Crippen LogP) is 4.90. The number of carbonyl (C=O) groups excluding carboxylic acids is 1. The van der Waals surface area contributed by atoms with E-state index >= 15 is 0 Å². The highest BCUT2D eigenvalue weighted by Gasteiger charge is 2.37. The summed E-state index contributed by atoms with van der Waals surface area (Å²) in [5.74, 6) is 0.944. The third kappa shape index (κ3) is 3.39. The molecule has 2 aliphatic carbocycles. The number of hydrogen-bond donors (Lipinski definition) is 0. The van der Waals surface area contributed by atoms with Crippen LogP contribution in [0.2, 0.25) is 0 Å². The molecule has 140 valence electrons. The number of hydrogen-bond acceptors (Lipinski definition) is 4. The Morgan fingerprint density at radius 2 is 1.92 bits per heavy atom.